The Kier molecular flexibility index (Phi) is 3.47. The summed E-state index contributed by atoms with van der Waals surface area (Å²) in [6.07, 6.45) is 8.61. The Morgan fingerprint density at radius 3 is 2.50 bits per heavy atom. The summed E-state index contributed by atoms with van der Waals surface area (Å²) >= 11 is 3.47. The molecule has 0 aromatic rings. The van der Waals surface area contributed by atoms with E-state index in [0.29, 0.717) is 11.9 Å². The number of halogens is 1. The summed E-state index contributed by atoms with van der Waals surface area (Å²) in [6, 6.07) is 0.552. The lowest BCUT2D eigenvalue weighted by molar-refractivity contribution is -0.135. The van der Waals surface area contributed by atoms with Crippen LogP contribution in [-0.4, -0.2) is 28.2 Å². The van der Waals surface area contributed by atoms with Gasteiger partial charge in [-0.15, -0.1) is 0 Å². The molecule has 14 heavy (non-hydrogen) atoms. The summed E-state index contributed by atoms with van der Waals surface area (Å²) in [5.41, 5.74) is 0. The van der Waals surface area contributed by atoms with Gasteiger partial charge in [0.2, 0.25) is 5.91 Å². The summed E-state index contributed by atoms with van der Waals surface area (Å²) in [5.74, 6) is 0.336. The Hall–Kier alpha value is -0.0500. The highest BCUT2D eigenvalue weighted by molar-refractivity contribution is 9.10. The molecule has 80 valence electrons. The molecule has 1 heterocycles. The van der Waals surface area contributed by atoms with Crippen LogP contribution in [-0.2, 0) is 4.79 Å². The van der Waals surface area contributed by atoms with Crippen LogP contribution in [0.1, 0.15) is 44.9 Å². The van der Waals surface area contributed by atoms with Crippen molar-refractivity contribution in [2.75, 3.05) is 6.54 Å². The largest absolute Gasteiger partial charge is 0.339 e. The average Bonchev–Trinajstić information content (AvgIpc) is 2.23. The molecule has 2 nitrogen and oxygen atoms in total. The normalized spacial score (nSPS) is 30.8. The Bertz CT molecular complexity index is 213. The van der Waals surface area contributed by atoms with E-state index in [1.165, 1.54) is 32.1 Å². The number of likely N-dealkylation sites (tertiary alicyclic amines) is 1. The standard InChI is InChI=1S/C11H18BrNO/c12-10-7-4-8-13(11(10)14)9-5-2-1-3-6-9/h9-10H,1-8H2. The van der Waals surface area contributed by atoms with Gasteiger partial charge in [0.1, 0.15) is 0 Å². The number of nitrogens with zero attached hydrogens (tertiary/aromatic N) is 1. The molecule has 2 rings (SSSR count). The molecule has 1 saturated heterocycles. The molecule has 0 bridgehead atoms. The maximum absolute atomic E-state index is 11.9. The van der Waals surface area contributed by atoms with Gasteiger partial charge in [-0.25, -0.2) is 0 Å². The lowest BCUT2D eigenvalue weighted by Crippen LogP contribution is -2.48. The van der Waals surface area contributed by atoms with E-state index in [1.807, 2.05) is 0 Å². The van der Waals surface area contributed by atoms with Crippen molar-refractivity contribution in [1.29, 1.82) is 0 Å². The van der Waals surface area contributed by atoms with E-state index in [9.17, 15) is 4.79 Å². The van der Waals surface area contributed by atoms with Gasteiger partial charge in [0.25, 0.3) is 0 Å². The van der Waals surface area contributed by atoms with Gasteiger partial charge in [0, 0.05) is 12.6 Å². The molecular formula is C11H18BrNO. The average molecular weight is 260 g/mol. The number of alkyl halides is 1. The number of rotatable bonds is 1. The maximum Gasteiger partial charge on any atom is 0.236 e. The number of carbonyl (C=O) groups is 1. The second-order valence-corrected chi connectivity index (χ2v) is 5.54. The number of carbonyl (C=O) groups excluding carboxylic acids is 1. The zero-order valence-corrected chi connectivity index (χ0v) is 10.1. The Morgan fingerprint density at radius 1 is 1.07 bits per heavy atom. The van der Waals surface area contributed by atoms with E-state index in [4.69, 9.17) is 0 Å². The number of piperidine rings is 1. The molecule has 3 heteroatoms. The second-order valence-electron chi connectivity index (χ2n) is 4.43. The van der Waals surface area contributed by atoms with Crippen LogP contribution in [0.4, 0.5) is 0 Å². The highest BCUT2D eigenvalue weighted by Crippen LogP contribution is 2.27. The molecule has 1 amide bonds. The van der Waals surface area contributed by atoms with Crippen molar-refractivity contribution >= 4 is 21.8 Å². The first-order valence-corrected chi connectivity index (χ1v) is 6.65. The number of hydrogen-bond acceptors (Lipinski definition) is 1. The monoisotopic (exact) mass is 259 g/mol. The predicted molar refractivity (Wildman–Crippen MR) is 60.5 cm³/mol. The topological polar surface area (TPSA) is 20.3 Å². The quantitative estimate of drug-likeness (QED) is 0.664. The summed E-state index contributed by atoms with van der Waals surface area (Å²) in [4.78, 5) is 14.1. The number of amides is 1. The third kappa shape index (κ3) is 2.13. The van der Waals surface area contributed by atoms with Gasteiger partial charge >= 0.3 is 0 Å². The fourth-order valence-corrected chi connectivity index (χ4v) is 3.20. The van der Waals surface area contributed by atoms with Crippen LogP contribution >= 0.6 is 15.9 Å². The van der Waals surface area contributed by atoms with Crippen LogP contribution in [0.5, 0.6) is 0 Å². The molecule has 0 N–H and O–H groups in total. The van der Waals surface area contributed by atoms with E-state index in [0.717, 1.165) is 19.4 Å². The van der Waals surface area contributed by atoms with E-state index in [2.05, 4.69) is 20.8 Å². The molecular weight excluding hydrogens is 242 g/mol. The molecule has 2 aliphatic rings. The lowest BCUT2D eigenvalue weighted by atomic mass is 9.92. The molecule has 2 fully saturated rings. The molecule has 0 spiro atoms. The SMILES string of the molecule is O=C1C(Br)CCCN1C1CCCCC1. The second kappa shape index (κ2) is 4.65. The van der Waals surface area contributed by atoms with Crippen LogP contribution in [0.25, 0.3) is 0 Å². The summed E-state index contributed by atoms with van der Waals surface area (Å²) in [6.45, 7) is 0.992. The van der Waals surface area contributed by atoms with Gasteiger partial charge in [0.15, 0.2) is 0 Å². The van der Waals surface area contributed by atoms with Gasteiger partial charge in [-0.2, -0.15) is 0 Å². The third-order valence-corrected chi connectivity index (χ3v) is 4.27. The molecule has 0 aromatic carbocycles. The van der Waals surface area contributed by atoms with Gasteiger partial charge < -0.3 is 4.90 Å². The molecule has 1 atom stereocenters. The van der Waals surface area contributed by atoms with Crippen LogP contribution in [0.15, 0.2) is 0 Å². The fourth-order valence-electron chi connectivity index (χ4n) is 2.61. The van der Waals surface area contributed by atoms with Crippen molar-refractivity contribution in [3.05, 3.63) is 0 Å². The molecule has 1 aliphatic heterocycles. The van der Waals surface area contributed by atoms with Gasteiger partial charge in [0.05, 0.1) is 4.83 Å². The van der Waals surface area contributed by atoms with Gasteiger partial charge in [-0.3, -0.25) is 4.79 Å². The summed E-state index contributed by atoms with van der Waals surface area (Å²) in [7, 11) is 0. The summed E-state index contributed by atoms with van der Waals surface area (Å²) < 4.78 is 0. The minimum Gasteiger partial charge on any atom is -0.339 e. The number of hydrogen-bond donors (Lipinski definition) is 0. The fraction of sp³-hybridized carbons (Fsp3) is 0.909. The first-order chi connectivity index (χ1) is 6.79. The van der Waals surface area contributed by atoms with Crippen LogP contribution in [0, 0.1) is 0 Å². The minimum absolute atomic E-state index is 0.0955. The highest BCUT2D eigenvalue weighted by Gasteiger charge is 2.31. The lowest BCUT2D eigenvalue weighted by Gasteiger charge is -2.38. The van der Waals surface area contributed by atoms with E-state index in [-0.39, 0.29) is 4.83 Å². The van der Waals surface area contributed by atoms with Crippen LogP contribution in [0.3, 0.4) is 0 Å². The predicted octanol–water partition coefficient (Wildman–Crippen LogP) is 2.71. The molecule has 1 aliphatic carbocycles. The Balaban J connectivity index is 1.97. The van der Waals surface area contributed by atoms with Crippen molar-refractivity contribution in [3.63, 3.8) is 0 Å². The zero-order valence-electron chi connectivity index (χ0n) is 8.54. The highest BCUT2D eigenvalue weighted by atomic mass is 79.9. The van der Waals surface area contributed by atoms with Crippen molar-refractivity contribution in [3.8, 4) is 0 Å². The molecule has 1 unspecified atom stereocenters. The van der Waals surface area contributed by atoms with E-state index >= 15 is 0 Å². The van der Waals surface area contributed by atoms with Crippen molar-refractivity contribution in [1.82, 2.24) is 4.90 Å². The third-order valence-electron chi connectivity index (χ3n) is 3.42. The Labute approximate surface area is 94.2 Å². The first kappa shape index (κ1) is 10.5. The summed E-state index contributed by atoms with van der Waals surface area (Å²) in [5, 5.41) is 0. The molecule has 0 aromatic heterocycles. The minimum atomic E-state index is 0.0955. The van der Waals surface area contributed by atoms with Crippen molar-refractivity contribution < 1.29 is 4.79 Å². The van der Waals surface area contributed by atoms with Crippen LogP contribution in [0.2, 0.25) is 0 Å². The van der Waals surface area contributed by atoms with Gasteiger partial charge in [-0.1, -0.05) is 35.2 Å². The zero-order chi connectivity index (χ0) is 9.97. The van der Waals surface area contributed by atoms with Crippen LogP contribution < -0.4 is 0 Å². The van der Waals surface area contributed by atoms with Crippen molar-refractivity contribution in [2.24, 2.45) is 0 Å². The van der Waals surface area contributed by atoms with Gasteiger partial charge in [-0.05, 0) is 25.7 Å². The Morgan fingerprint density at radius 2 is 1.79 bits per heavy atom. The smallest absolute Gasteiger partial charge is 0.236 e. The molecule has 1 saturated carbocycles. The molecule has 0 radical (unpaired) electrons. The van der Waals surface area contributed by atoms with E-state index < -0.39 is 0 Å². The first-order valence-electron chi connectivity index (χ1n) is 5.73. The van der Waals surface area contributed by atoms with Crippen molar-refractivity contribution in [2.45, 2.75) is 55.8 Å². The van der Waals surface area contributed by atoms with E-state index in [1.54, 1.807) is 0 Å². The maximum atomic E-state index is 11.9.